The van der Waals surface area contributed by atoms with Gasteiger partial charge in [-0.1, -0.05) is 118 Å². The second-order valence-electron chi connectivity index (χ2n) is 11.1. The number of rotatable bonds is 12. The largest absolute Gasteiger partial charge is 0.354 e. The molecule has 0 aliphatic rings. The van der Waals surface area contributed by atoms with E-state index in [1.807, 2.05) is 36.4 Å². The minimum absolute atomic E-state index is 0.0682. The van der Waals surface area contributed by atoms with Crippen molar-refractivity contribution in [3.05, 3.63) is 105 Å². The Bertz CT molecular complexity index is 1220. The Labute approximate surface area is 243 Å². The van der Waals surface area contributed by atoms with Crippen molar-refractivity contribution < 1.29 is 9.59 Å². The molecular formula is C33H40Cl2N2O2. The van der Waals surface area contributed by atoms with Crippen molar-refractivity contribution in [3.63, 3.8) is 0 Å². The molecule has 6 heteroatoms. The topological polar surface area (TPSA) is 49.4 Å². The lowest BCUT2D eigenvalue weighted by Gasteiger charge is -2.32. The number of nitrogens with zero attached hydrogens (tertiary/aromatic N) is 1. The van der Waals surface area contributed by atoms with E-state index in [4.69, 9.17) is 23.2 Å². The quantitative estimate of drug-likeness (QED) is 0.227. The average molecular weight is 568 g/mol. The van der Waals surface area contributed by atoms with Gasteiger partial charge in [-0.25, -0.2) is 0 Å². The molecule has 3 aromatic carbocycles. The lowest BCUT2D eigenvalue weighted by molar-refractivity contribution is -0.141. The maximum atomic E-state index is 13.9. The molecule has 1 unspecified atom stereocenters. The number of nitrogens with one attached hydrogen (secondary N) is 1. The van der Waals surface area contributed by atoms with Crippen LogP contribution >= 0.6 is 23.2 Å². The van der Waals surface area contributed by atoms with Crippen molar-refractivity contribution in [2.45, 2.75) is 77.8 Å². The maximum absolute atomic E-state index is 13.9. The Kier molecular flexibility index (Phi) is 11.4. The number of unbranched alkanes of at least 4 members (excludes halogenated alkanes) is 1. The first-order valence-corrected chi connectivity index (χ1v) is 14.5. The van der Waals surface area contributed by atoms with Gasteiger partial charge in [-0.3, -0.25) is 9.59 Å². The summed E-state index contributed by atoms with van der Waals surface area (Å²) in [6.07, 6.45) is 3.14. The van der Waals surface area contributed by atoms with E-state index < -0.39 is 6.04 Å². The van der Waals surface area contributed by atoms with Crippen molar-refractivity contribution in [2.75, 3.05) is 6.54 Å². The van der Waals surface area contributed by atoms with Crippen LogP contribution in [0.15, 0.2) is 72.8 Å². The highest BCUT2D eigenvalue weighted by molar-refractivity contribution is 6.35. The van der Waals surface area contributed by atoms with E-state index in [1.54, 1.807) is 17.0 Å². The smallest absolute Gasteiger partial charge is 0.243 e. The van der Waals surface area contributed by atoms with Crippen LogP contribution in [0.1, 0.15) is 69.2 Å². The minimum atomic E-state index is -0.674. The predicted octanol–water partition coefficient (Wildman–Crippen LogP) is 7.78. The number of aryl methyl sites for hydroxylation is 1. The number of carbonyl (C=O) groups is 2. The number of hydrogen-bond acceptors (Lipinski definition) is 2. The summed E-state index contributed by atoms with van der Waals surface area (Å²) in [6.45, 7) is 9.43. The summed E-state index contributed by atoms with van der Waals surface area (Å²) in [5.41, 5.74) is 4.16. The molecule has 0 bridgehead atoms. The zero-order valence-corrected chi connectivity index (χ0v) is 25.0. The predicted molar refractivity (Wildman–Crippen MR) is 162 cm³/mol. The minimum Gasteiger partial charge on any atom is -0.354 e. The first-order valence-electron chi connectivity index (χ1n) is 13.7. The highest BCUT2D eigenvalue weighted by atomic mass is 35.5. The standard InChI is InChI=1S/C33H40Cl2N2O2/c1-5-6-20-36-32(39)30(21-25-10-8-7-9-11-25)37(23-26-15-18-28(34)22-29(26)35)31(38)19-14-24-12-16-27(17-13-24)33(2,3)4/h7-13,15-18,22,30H,5-6,14,19-21,23H2,1-4H3,(H,36,39). The summed E-state index contributed by atoms with van der Waals surface area (Å²) in [7, 11) is 0. The molecular weight excluding hydrogens is 527 g/mol. The molecule has 0 saturated carbocycles. The van der Waals surface area contributed by atoms with Crippen LogP contribution in [0.5, 0.6) is 0 Å². The van der Waals surface area contributed by atoms with Gasteiger partial charge >= 0.3 is 0 Å². The summed E-state index contributed by atoms with van der Waals surface area (Å²) in [5.74, 6) is -0.243. The summed E-state index contributed by atoms with van der Waals surface area (Å²) >= 11 is 12.7. The van der Waals surface area contributed by atoms with Crippen LogP contribution in [0.25, 0.3) is 0 Å². The van der Waals surface area contributed by atoms with E-state index in [1.165, 1.54) is 5.56 Å². The van der Waals surface area contributed by atoms with E-state index in [2.05, 4.69) is 57.3 Å². The normalized spacial score (nSPS) is 12.2. The van der Waals surface area contributed by atoms with Gasteiger partial charge in [-0.05, 0) is 52.6 Å². The van der Waals surface area contributed by atoms with E-state index in [0.717, 1.165) is 29.5 Å². The lowest BCUT2D eigenvalue weighted by atomic mass is 9.86. The molecule has 39 heavy (non-hydrogen) atoms. The molecule has 2 amide bonds. The third-order valence-corrected chi connectivity index (χ3v) is 7.49. The number of carbonyl (C=O) groups excluding carboxylic acids is 2. The molecule has 1 atom stereocenters. The third-order valence-electron chi connectivity index (χ3n) is 6.90. The molecule has 0 fully saturated rings. The first kappa shape index (κ1) is 30.7. The zero-order chi connectivity index (χ0) is 28.4. The van der Waals surface area contributed by atoms with Gasteiger partial charge in [0, 0.05) is 36.0 Å². The average Bonchev–Trinajstić information content (AvgIpc) is 2.90. The first-order chi connectivity index (χ1) is 18.6. The van der Waals surface area contributed by atoms with Crippen LogP contribution in [0, 0.1) is 0 Å². The van der Waals surface area contributed by atoms with Crippen LogP contribution < -0.4 is 5.32 Å². The number of hydrogen-bond donors (Lipinski definition) is 1. The Morgan fingerprint density at radius 1 is 0.923 bits per heavy atom. The van der Waals surface area contributed by atoms with Gasteiger partial charge in [0.05, 0.1) is 0 Å². The Morgan fingerprint density at radius 3 is 2.23 bits per heavy atom. The van der Waals surface area contributed by atoms with E-state index in [0.29, 0.717) is 29.4 Å². The SMILES string of the molecule is CCCCNC(=O)C(Cc1ccccc1)N(Cc1ccc(Cl)cc1Cl)C(=O)CCc1ccc(C(C)(C)C)cc1. The maximum Gasteiger partial charge on any atom is 0.243 e. The second kappa shape index (κ2) is 14.5. The van der Waals surface area contributed by atoms with Gasteiger partial charge in [0.25, 0.3) is 0 Å². The molecule has 0 saturated heterocycles. The van der Waals surface area contributed by atoms with Crippen molar-refractivity contribution in [1.82, 2.24) is 10.2 Å². The highest BCUT2D eigenvalue weighted by Crippen LogP contribution is 2.25. The molecule has 0 aromatic heterocycles. The fourth-order valence-electron chi connectivity index (χ4n) is 4.46. The zero-order valence-electron chi connectivity index (χ0n) is 23.5. The molecule has 0 aliphatic carbocycles. The molecule has 1 N–H and O–H groups in total. The number of amides is 2. The van der Waals surface area contributed by atoms with Crippen LogP contribution in [-0.2, 0) is 34.4 Å². The molecule has 3 aromatic rings. The lowest BCUT2D eigenvalue weighted by Crippen LogP contribution is -2.50. The molecule has 208 valence electrons. The Balaban J connectivity index is 1.89. The van der Waals surface area contributed by atoms with Crippen LogP contribution in [0.2, 0.25) is 10.0 Å². The van der Waals surface area contributed by atoms with Gasteiger partial charge in [0.2, 0.25) is 11.8 Å². The summed E-state index contributed by atoms with van der Waals surface area (Å²) in [4.78, 5) is 29.1. The van der Waals surface area contributed by atoms with Crippen LogP contribution in [-0.4, -0.2) is 29.3 Å². The van der Waals surface area contributed by atoms with Gasteiger partial charge in [0.1, 0.15) is 6.04 Å². The van der Waals surface area contributed by atoms with Gasteiger partial charge < -0.3 is 10.2 Å². The van der Waals surface area contributed by atoms with Gasteiger partial charge in [-0.2, -0.15) is 0 Å². The summed E-state index contributed by atoms with van der Waals surface area (Å²) in [6, 6.07) is 22.8. The van der Waals surface area contributed by atoms with E-state index in [9.17, 15) is 9.59 Å². The molecule has 0 heterocycles. The summed E-state index contributed by atoms with van der Waals surface area (Å²) in [5, 5.41) is 4.06. The monoisotopic (exact) mass is 566 g/mol. The number of benzene rings is 3. The van der Waals surface area contributed by atoms with Gasteiger partial charge in [0.15, 0.2) is 0 Å². The highest BCUT2D eigenvalue weighted by Gasteiger charge is 2.30. The summed E-state index contributed by atoms with van der Waals surface area (Å²) < 4.78 is 0. The van der Waals surface area contributed by atoms with Crippen LogP contribution in [0.3, 0.4) is 0 Å². The van der Waals surface area contributed by atoms with E-state index >= 15 is 0 Å². The fourth-order valence-corrected chi connectivity index (χ4v) is 4.93. The second-order valence-corrected chi connectivity index (χ2v) is 11.9. The Morgan fingerprint density at radius 2 is 1.62 bits per heavy atom. The van der Waals surface area contributed by atoms with Crippen molar-refractivity contribution in [3.8, 4) is 0 Å². The molecule has 0 aliphatic heterocycles. The molecule has 4 nitrogen and oxygen atoms in total. The van der Waals surface area contributed by atoms with Crippen LogP contribution in [0.4, 0.5) is 0 Å². The third kappa shape index (κ3) is 9.40. The fraction of sp³-hybridized carbons (Fsp3) is 0.394. The van der Waals surface area contributed by atoms with Crippen molar-refractivity contribution in [1.29, 1.82) is 0 Å². The number of halogens is 2. The Hall–Kier alpha value is -2.82. The van der Waals surface area contributed by atoms with Crippen molar-refractivity contribution in [2.24, 2.45) is 0 Å². The van der Waals surface area contributed by atoms with Crippen molar-refractivity contribution >= 4 is 35.0 Å². The van der Waals surface area contributed by atoms with Gasteiger partial charge in [-0.15, -0.1) is 0 Å². The molecule has 0 spiro atoms. The van der Waals surface area contributed by atoms with E-state index in [-0.39, 0.29) is 30.2 Å². The molecule has 0 radical (unpaired) electrons. The molecule has 3 rings (SSSR count).